The summed E-state index contributed by atoms with van der Waals surface area (Å²) in [7, 11) is 1.71. The minimum Gasteiger partial charge on any atom is -0.335 e. The molecule has 1 aromatic heterocycles. The molecule has 2 amide bonds. The normalized spacial score (nSPS) is 13.7. The molecule has 0 saturated carbocycles. The maximum absolute atomic E-state index is 13.4. The SMILES string of the molecule is Cn1cnnc1Sc1ccc(C(=O)N2CCN(C(=O)c3ccc(F)c(F)c3)CC2)cc1[N+](=O)[O-]. The van der Waals surface area contributed by atoms with Gasteiger partial charge < -0.3 is 14.4 Å². The monoisotopic (exact) mass is 488 g/mol. The van der Waals surface area contributed by atoms with Gasteiger partial charge in [-0.3, -0.25) is 19.7 Å². The van der Waals surface area contributed by atoms with Crippen molar-refractivity contribution in [2.45, 2.75) is 10.1 Å². The molecule has 0 atom stereocenters. The van der Waals surface area contributed by atoms with Crippen molar-refractivity contribution in [2.24, 2.45) is 7.05 Å². The molecule has 0 bridgehead atoms. The highest BCUT2D eigenvalue weighted by Crippen LogP contribution is 2.34. The Hall–Kier alpha value is -3.87. The second-order valence-corrected chi connectivity index (χ2v) is 8.49. The van der Waals surface area contributed by atoms with Crippen LogP contribution in [-0.4, -0.2) is 67.5 Å². The zero-order chi connectivity index (χ0) is 24.4. The van der Waals surface area contributed by atoms with Gasteiger partial charge in [-0.25, -0.2) is 8.78 Å². The smallest absolute Gasteiger partial charge is 0.284 e. The fraction of sp³-hybridized carbons (Fsp3) is 0.238. The number of hydrogen-bond acceptors (Lipinski definition) is 7. The van der Waals surface area contributed by atoms with Crippen molar-refractivity contribution >= 4 is 29.3 Å². The maximum atomic E-state index is 13.4. The first kappa shape index (κ1) is 23.3. The van der Waals surface area contributed by atoms with Crippen LogP contribution < -0.4 is 0 Å². The minimum atomic E-state index is -1.11. The van der Waals surface area contributed by atoms with Crippen LogP contribution in [0.4, 0.5) is 14.5 Å². The second kappa shape index (κ2) is 9.55. The van der Waals surface area contributed by atoms with Gasteiger partial charge in [0.05, 0.1) is 9.82 Å². The number of carbonyl (C=O) groups is 2. The number of benzene rings is 2. The Kier molecular flexibility index (Phi) is 6.54. The van der Waals surface area contributed by atoms with Gasteiger partial charge in [-0.2, -0.15) is 0 Å². The summed E-state index contributed by atoms with van der Waals surface area (Å²) in [6.45, 7) is 0.756. The zero-order valence-corrected chi connectivity index (χ0v) is 18.7. The number of nitrogens with zero attached hydrogens (tertiary/aromatic N) is 6. The molecule has 0 unspecified atom stereocenters. The lowest BCUT2D eigenvalue weighted by Crippen LogP contribution is -2.50. The number of aryl methyl sites for hydroxylation is 1. The van der Waals surface area contributed by atoms with E-state index in [-0.39, 0.29) is 43.0 Å². The Morgan fingerprint density at radius 1 is 0.971 bits per heavy atom. The van der Waals surface area contributed by atoms with E-state index in [9.17, 15) is 28.5 Å². The van der Waals surface area contributed by atoms with Crippen molar-refractivity contribution in [3.05, 3.63) is 75.6 Å². The van der Waals surface area contributed by atoms with Crippen molar-refractivity contribution in [1.29, 1.82) is 0 Å². The summed E-state index contributed by atoms with van der Waals surface area (Å²) in [6.07, 6.45) is 1.48. The lowest BCUT2D eigenvalue weighted by Gasteiger charge is -2.34. The van der Waals surface area contributed by atoms with Gasteiger partial charge in [-0.1, -0.05) is 0 Å². The van der Waals surface area contributed by atoms with Crippen LogP contribution in [0.5, 0.6) is 0 Å². The van der Waals surface area contributed by atoms with Crippen LogP contribution in [0.1, 0.15) is 20.7 Å². The molecule has 34 heavy (non-hydrogen) atoms. The third-order valence-corrected chi connectivity index (χ3v) is 6.41. The Balaban J connectivity index is 1.44. The fourth-order valence-corrected chi connectivity index (χ4v) is 4.30. The van der Waals surface area contributed by atoms with E-state index in [1.54, 1.807) is 11.6 Å². The van der Waals surface area contributed by atoms with Crippen LogP contribution in [0, 0.1) is 21.7 Å². The first-order chi connectivity index (χ1) is 16.2. The Bertz CT molecular complexity index is 1280. The number of piperazine rings is 1. The summed E-state index contributed by atoms with van der Waals surface area (Å²) in [5, 5.41) is 19.7. The first-order valence-corrected chi connectivity index (χ1v) is 10.9. The number of nitro benzene ring substituents is 1. The van der Waals surface area contributed by atoms with Crippen LogP contribution in [0.25, 0.3) is 0 Å². The average molecular weight is 488 g/mol. The summed E-state index contributed by atoms with van der Waals surface area (Å²) >= 11 is 1.06. The predicted molar refractivity (Wildman–Crippen MR) is 116 cm³/mol. The number of halogens is 2. The fourth-order valence-electron chi connectivity index (χ4n) is 3.45. The van der Waals surface area contributed by atoms with Crippen LogP contribution in [0.15, 0.2) is 52.8 Å². The molecule has 2 aromatic carbocycles. The van der Waals surface area contributed by atoms with Crippen molar-refractivity contribution in [1.82, 2.24) is 24.6 Å². The standard InChI is InChI=1S/C21H18F2N6O4S/c1-26-12-24-25-21(26)34-18-5-3-14(11-17(18)29(32)33)20(31)28-8-6-27(7-9-28)19(30)13-2-4-15(22)16(23)10-13/h2-5,10-12H,6-9H2,1H3. The molecule has 1 fully saturated rings. The van der Waals surface area contributed by atoms with Gasteiger partial charge in [0.25, 0.3) is 17.5 Å². The quantitative estimate of drug-likeness (QED) is 0.401. The Morgan fingerprint density at radius 3 is 2.09 bits per heavy atom. The summed E-state index contributed by atoms with van der Waals surface area (Å²) in [4.78, 5) is 39.8. The number of aromatic nitrogens is 3. The van der Waals surface area contributed by atoms with Crippen LogP contribution in [0.2, 0.25) is 0 Å². The lowest BCUT2D eigenvalue weighted by molar-refractivity contribution is -0.387. The molecule has 0 N–H and O–H groups in total. The van der Waals surface area contributed by atoms with E-state index in [0.29, 0.717) is 10.1 Å². The molecule has 2 heterocycles. The third-order valence-electron chi connectivity index (χ3n) is 5.29. The van der Waals surface area contributed by atoms with E-state index >= 15 is 0 Å². The Morgan fingerprint density at radius 2 is 1.56 bits per heavy atom. The van der Waals surface area contributed by atoms with Gasteiger partial charge in [0.15, 0.2) is 16.8 Å². The van der Waals surface area contributed by atoms with E-state index in [1.165, 1.54) is 40.4 Å². The van der Waals surface area contributed by atoms with E-state index < -0.39 is 28.4 Å². The highest BCUT2D eigenvalue weighted by molar-refractivity contribution is 7.99. The largest absolute Gasteiger partial charge is 0.335 e. The average Bonchev–Trinajstić information content (AvgIpc) is 3.24. The van der Waals surface area contributed by atoms with Gasteiger partial charge in [-0.15, -0.1) is 10.2 Å². The van der Waals surface area contributed by atoms with Gasteiger partial charge in [0.2, 0.25) is 0 Å². The third kappa shape index (κ3) is 4.73. The molecular weight excluding hydrogens is 470 g/mol. The molecule has 1 aliphatic heterocycles. The van der Waals surface area contributed by atoms with E-state index in [4.69, 9.17) is 0 Å². The van der Waals surface area contributed by atoms with E-state index in [2.05, 4.69) is 10.2 Å². The molecular formula is C21H18F2N6O4S. The van der Waals surface area contributed by atoms with Gasteiger partial charge >= 0.3 is 0 Å². The molecule has 0 spiro atoms. The molecule has 1 saturated heterocycles. The van der Waals surface area contributed by atoms with Crippen molar-refractivity contribution < 1.29 is 23.3 Å². The van der Waals surface area contributed by atoms with Gasteiger partial charge in [0, 0.05) is 50.4 Å². The van der Waals surface area contributed by atoms with E-state index in [1.807, 2.05) is 0 Å². The summed E-state index contributed by atoms with van der Waals surface area (Å²) in [5.74, 6) is -3.02. The highest BCUT2D eigenvalue weighted by atomic mass is 32.2. The Labute approximate surface area is 196 Å². The molecule has 13 heteroatoms. The molecule has 3 aromatic rings. The molecule has 1 aliphatic rings. The maximum Gasteiger partial charge on any atom is 0.284 e. The number of amides is 2. The topological polar surface area (TPSA) is 114 Å². The van der Waals surface area contributed by atoms with Gasteiger partial charge in [-0.05, 0) is 42.1 Å². The highest BCUT2D eigenvalue weighted by Gasteiger charge is 2.28. The van der Waals surface area contributed by atoms with E-state index in [0.717, 1.165) is 23.9 Å². The molecule has 176 valence electrons. The van der Waals surface area contributed by atoms with Crippen LogP contribution in [-0.2, 0) is 7.05 Å². The summed E-state index contributed by atoms with van der Waals surface area (Å²) in [6, 6.07) is 7.16. The van der Waals surface area contributed by atoms with Crippen molar-refractivity contribution in [2.75, 3.05) is 26.2 Å². The molecule has 4 rings (SSSR count). The summed E-state index contributed by atoms with van der Waals surface area (Å²) < 4.78 is 28.2. The van der Waals surface area contributed by atoms with Crippen molar-refractivity contribution in [3.8, 4) is 0 Å². The van der Waals surface area contributed by atoms with Crippen LogP contribution in [0.3, 0.4) is 0 Å². The molecule has 0 aliphatic carbocycles. The lowest BCUT2D eigenvalue weighted by atomic mass is 10.1. The second-order valence-electron chi connectivity index (χ2n) is 7.48. The summed E-state index contributed by atoms with van der Waals surface area (Å²) in [5.41, 5.74) is -0.0642. The number of carbonyl (C=O) groups excluding carboxylic acids is 2. The van der Waals surface area contributed by atoms with Crippen molar-refractivity contribution in [3.63, 3.8) is 0 Å². The molecule has 10 nitrogen and oxygen atoms in total. The minimum absolute atomic E-state index is 0.0188. The van der Waals surface area contributed by atoms with Crippen LogP contribution >= 0.6 is 11.8 Å². The predicted octanol–water partition coefficient (Wildman–Crippen LogP) is 2.75. The molecule has 0 radical (unpaired) electrons. The zero-order valence-electron chi connectivity index (χ0n) is 17.9. The number of hydrogen-bond donors (Lipinski definition) is 0. The number of nitro groups is 1. The first-order valence-electron chi connectivity index (χ1n) is 10.1. The van der Waals surface area contributed by atoms with Gasteiger partial charge in [0.1, 0.15) is 6.33 Å². The number of rotatable bonds is 5.